The van der Waals surface area contributed by atoms with Crippen LogP contribution < -0.4 is 19.1 Å². The maximum Gasteiger partial charge on any atom is 0.232 e. The number of aromatic nitrogens is 2. The topological polar surface area (TPSA) is 86.9 Å². The lowest BCUT2D eigenvalue weighted by molar-refractivity contribution is -0.117. The van der Waals surface area contributed by atoms with Gasteiger partial charge in [-0.15, -0.1) is 0 Å². The van der Waals surface area contributed by atoms with E-state index in [1.165, 1.54) is 0 Å². The number of hydrogen-bond acceptors (Lipinski definition) is 7. The van der Waals surface area contributed by atoms with Gasteiger partial charge in [0.1, 0.15) is 5.75 Å². The summed E-state index contributed by atoms with van der Waals surface area (Å²) in [6, 6.07) is 10.6. The van der Waals surface area contributed by atoms with E-state index in [-0.39, 0.29) is 24.3 Å². The summed E-state index contributed by atoms with van der Waals surface area (Å²) in [7, 11) is 3.14. The molecule has 0 bridgehead atoms. The first-order valence-corrected chi connectivity index (χ1v) is 10.6. The minimum absolute atomic E-state index is 0.0208. The van der Waals surface area contributed by atoms with E-state index in [0.29, 0.717) is 46.2 Å². The molecule has 3 aromatic rings. The Bertz CT molecular complexity index is 1130. The van der Waals surface area contributed by atoms with E-state index in [4.69, 9.17) is 30.3 Å². The first kappa shape index (κ1) is 22.0. The second kappa shape index (κ2) is 9.08. The first-order valence-electron chi connectivity index (χ1n) is 10.2. The Kier molecular flexibility index (Phi) is 6.23. The number of halogens is 1. The molecule has 8 nitrogen and oxygen atoms in total. The lowest BCUT2D eigenvalue weighted by Gasteiger charge is -2.19. The van der Waals surface area contributed by atoms with E-state index in [0.717, 1.165) is 5.56 Å². The zero-order valence-electron chi connectivity index (χ0n) is 18.3. The van der Waals surface area contributed by atoms with E-state index in [1.807, 2.05) is 26.0 Å². The standard InChI is InChI=1S/C23H24ClN3O5/c1-13(2)31-19-7-5-14(9-20(19)30-4)22-25-23(32-26-22)15-10-21(28)27(12-15)17-11-16(24)6-8-18(17)29-3/h5-9,11,13,15H,10,12H2,1-4H3. The van der Waals surface area contributed by atoms with Crippen molar-refractivity contribution >= 4 is 23.2 Å². The molecule has 1 aliphatic heterocycles. The molecule has 1 aliphatic rings. The molecular formula is C23H24ClN3O5. The van der Waals surface area contributed by atoms with Gasteiger partial charge in [0.15, 0.2) is 11.5 Å². The molecule has 4 rings (SSSR count). The fraction of sp³-hybridized carbons (Fsp3) is 0.348. The predicted molar refractivity (Wildman–Crippen MR) is 120 cm³/mol. The van der Waals surface area contributed by atoms with E-state index in [2.05, 4.69) is 10.1 Å². The monoisotopic (exact) mass is 457 g/mol. The van der Waals surface area contributed by atoms with Gasteiger partial charge in [-0.05, 0) is 50.2 Å². The molecule has 0 aliphatic carbocycles. The predicted octanol–water partition coefficient (Wildman–Crippen LogP) is 4.71. The third kappa shape index (κ3) is 4.36. The quantitative estimate of drug-likeness (QED) is 0.507. The summed E-state index contributed by atoms with van der Waals surface area (Å²) in [5.74, 6) is 2.31. The smallest absolute Gasteiger partial charge is 0.232 e. The van der Waals surface area contributed by atoms with Gasteiger partial charge in [-0.2, -0.15) is 4.98 Å². The van der Waals surface area contributed by atoms with Crippen LogP contribution in [0.2, 0.25) is 5.02 Å². The van der Waals surface area contributed by atoms with Crippen LogP contribution >= 0.6 is 11.6 Å². The Morgan fingerprint density at radius 2 is 1.84 bits per heavy atom. The van der Waals surface area contributed by atoms with Gasteiger partial charge in [-0.1, -0.05) is 16.8 Å². The number of hydrogen-bond donors (Lipinski definition) is 0. The number of carbonyl (C=O) groups is 1. The number of nitrogens with zero attached hydrogens (tertiary/aromatic N) is 3. The van der Waals surface area contributed by atoms with E-state index < -0.39 is 0 Å². The lowest BCUT2D eigenvalue weighted by atomic mass is 10.1. The van der Waals surface area contributed by atoms with Crippen LogP contribution in [0.3, 0.4) is 0 Å². The fourth-order valence-electron chi connectivity index (χ4n) is 3.66. The highest BCUT2D eigenvalue weighted by atomic mass is 35.5. The van der Waals surface area contributed by atoms with Crippen molar-refractivity contribution in [3.05, 3.63) is 47.3 Å². The van der Waals surface area contributed by atoms with Gasteiger partial charge >= 0.3 is 0 Å². The number of carbonyl (C=O) groups excluding carboxylic acids is 1. The summed E-state index contributed by atoms with van der Waals surface area (Å²) >= 11 is 6.13. The number of amides is 1. The number of methoxy groups -OCH3 is 2. The van der Waals surface area contributed by atoms with Crippen LogP contribution in [0.1, 0.15) is 32.1 Å². The van der Waals surface area contributed by atoms with Crippen molar-refractivity contribution in [2.75, 3.05) is 25.7 Å². The maximum atomic E-state index is 12.7. The van der Waals surface area contributed by atoms with Gasteiger partial charge in [-0.25, -0.2) is 0 Å². The number of ether oxygens (including phenoxy) is 3. The van der Waals surface area contributed by atoms with Gasteiger partial charge in [0.05, 0.1) is 31.9 Å². The summed E-state index contributed by atoms with van der Waals surface area (Å²) in [6.45, 7) is 4.29. The molecule has 0 spiro atoms. The Labute approximate surface area is 191 Å². The van der Waals surface area contributed by atoms with Crippen LogP contribution in [-0.2, 0) is 4.79 Å². The molecule has 32 heavy (non-hydrogen) atoms. The summed E-state index contributed by atoms with van der Waals surface area (Å²) in [6.07, 6.45) is 0.273. The zero-order valence-corrected chi connectivity index (χ0v) is 19.0. The molecule has 0 N–H and O–H groups in total. The number of rotatable bonds is 7. The van der Waals surface area contributed by atoms with Crippen molar-refractivity contribution in [1.29, 1.82) is 0 Å². The van der Waals surface area contributed by atoms with Crippen LogP contribution in [0.15, 0.2) is 40.9 Å². The van der Waals surface area contributed by atoms with Crippen LogP contribution in [-0.4, -0.2) is 42.9 Å². The van der Waals surface area contributed by atoms with Crippen LogP contribution in [0, 0.1) is 0 Å². The highest BCUT2D eigenvalue weighted by Crippen LogP contribution is 2.38. The molecule has 2 heterocycles. The van der Waals surface area contributed by atoms with Gasteiger partial charge < -0.3 is 23.6 Å². The average Bonchev–Trinajstić information content (AvgIpc) is 3.40. The summed E-state index contributed by atoms with van der Waals surface area (Å²) in [4.78, 5) is 18.9. The number of benzene rings is 2. The molecule has 0 saturated carbocycles. The highest BCUT2D eigenvalue weighted by molar-refractivity contribution is 6.31. The Balaban J connectivity index is 1.56. The maximum absolute atomic E-state index is 12.7. The summed E-state index contributed by atoms with van der Waals surface area (Å²) in [5.41, 5.74) is 1.35. The van der Waals surface area contributed by atoms with Crippen molar-refractivity contribution in [3.63, 3.8) is 0 Å². The molecule has 1 aromatic heterocycles. The molecule has 2 aromatic carbocycles. The SMILES string of the molecule is COc1cc(-c2noc(C3CC(=O)N(c4cc(Cl)ccc4OC)C3)n2)ccc1OC(C)C. The second-order valence-corrected chi connectivity index (χ2v) is 8.15. The third-order valence-electron chi connectivity index (χ3n) is 5.13. The minimum atomic E-state index is -0.238. The Morgan fingerprint density at radius 1 is 1.09 bits per heavy atom. The van der Waals surface area contributed by atoms with E-state index in [1.54, 1.807) is 43.4 Å². The zero-order chi connectivity index (χ0) is 22.8. The van der Waals surface area contributed by atoms with Crippen molar-refractivity contribution in [3.8, 4) is 28.6 Å². The fourth-order valence-corrected chi connectivity index (χ4v) is 3.82. The summed E-state index contributed by atoms with van der Waals surface area (Å²) in [5, 5.41) is 4.63. The first-order chi connectivity index (χ1) is 15.4. The van der Waals surface area contributed by atoms with Crippen molar-refractivity contribution in [1.82, 2.24) is 10.1 Å². The van der Waals surface area contributed by atoms with E-state index in [9.17, 15) is 4.79 Å². The Morgan fingerprint density at radius 3 is 2.56 bits per heavy atom. The molecule has 1 unspecified atom stereocenters. The minimum Gasteiger partial charge on any atom is -0.495 e. The van der Waals surface area contributed by atoms with E-state index >= 15 is 0 Å². The second-order valence-electron chi connectivity index (χ2n) is 7.71. The van der Waals surface area contributed by atoms with Gasteiger partial charge in [0, 0.05) is 23.6 Å². The molecule has 1 saturated heterocycles. The molecule has 0 radical (unpaired) electrons. The van der Waals surface area contributed by atoms with Crippen molar-refractivity contribution in [2.24, 2.45) is 0 Å². The molecular weight excluding hydrogens is 434 g/mol. The molecule has 1 amide bonds. The molecule has 9 heteroatoms. The highest BCUT2D eigenvalue weighted by Gasteiger charge is 2.36. The van der Waals surface area contributed by atoms with Gasteiger partial charge in [0.25, 0.3) is 0 Å². The largest absolute Gasteiger partial charge is 0.495 e. The lowest BCUT2D eigenvalue weighted by Crippen LogP contribution is -2.24. The Hall–Kier alpha value is -3.26. The third-order valence-corrected chi connectivity index (χ3v) is 5.37. The average molecular weight is 458 g/mol. The number of anilines is 1. The molecule has 168 valence electrons. The van der Waals surface area contributed by atoms with Crippen LogP contribution in [0.4, 0.5) is 5.69 Å². The van der Waals surface area contributed by atoms with Gasteiger partial charge in [-0.3, -0.25) is 4.79 Å². The van der Waals surface area contributed by atoms with Crippen molar-refractivity contribution in [2.45, 2.75) is 32.3 Å². The summed E-state index contributed by atoms with van der Waals surface area (Å²) < 4.78 is 22.1. The van der Waals surface area contributed by atoms with Gasteiger partial charge in [0.2, 0.25) is 17.6 Å². The normalized spacial score (nSPS) is 16.0. The molecule has 1 atom stereocenters. The van der Waals surface area contributed by atoms with Crippen molar-refractivity contribution < 1.29 is 23.5 Å². The molecule has 1 fully saturated rings. The van der Waals surface area contributed by atoms with Crippen LogP contribution in [0.5, 0.6) is 17.2 Å². The van der Waals surface area contributed by atoms with Crippen LogP contribution in [0.25, 0.3) is 11.4 Å².